The number of H-pyrrole nitrogens is 1. The van der Waals surface area contributed by atoms with Crippen LogP contribution in [-0.4, -0.2) is 82.9 Å². The molecule has 1 aliphatic rings. The summed E-state index contributed by atoms with van der Waals surface area (Å²) in [5.74, 6) is 0.512. The van der Waals surface area contributed by atoms with E-state index in [9.17, 15) is 9.59 Å². The molecule has 0 atom stereocenters. The van der Waals surface area contributed by atoms with Crippen molar-refractivity contribution < 1.29 is 14.3 Å². The Balaban J connectivity index is 1.52. The third-order valence-electron chi connectivity index (χ3n) is 5.64. The van der Waals surface area contributed by atoms with E-state index >= 15 is 0 Å². The second-order valence-corrected chi connectivity index (χ2v) is 9.37. The average molecular weight is 451 g/mol. The summed E-state index contributed by atoms with van der Waals surface area (Å²) >= 11 is 0. The van der Waals surface area contributed by atoms with Crippen LogP contribution in [0.5, 0.6) is 0 Å². The first-order valence-electron chi connectivity index (χ1n) is 11.0. The number of fused-ring (bicyclic) bond motifs is 1. The monoisotopic (exact) mass is 450 g/mol. The van der Waals surface area contributed by atoms with E-state index in [1.54, 1.807) is 19.3 Å². The number of aromatic amines is 1. The van der Waals surface area contributed by atoms with Crippen LogP contribution in [0.25, 0.3) is 22.2 Å². The summed E-state index contributed by atoms with van der Waals surface area (Å²) in [6, 6.07) is 9.25. The normalized spacial score (nSPS) is 15.0. The molecule has 0 saturated carbocycles. The Labute approximate surface area is 193 Å². The third-order valence-corrected chi connectivity index (χ3v) is 5.64. The first-order valence-corrected chi connectivity index (χ1v) is 11.0. The van der Waals surface area contributed by atoms with Gasteiger partial charge in [0.2, 0.25) is 0 Å². The number of pyridine rings is 1. The van der Waals surface area contributed by atoms with E-state index in [0.717, 1.165) is 48.3 Å². The second kappa shape index (κ2) is 8.82. The van der Waals surface area contributed by atoms with Crippen LogP contribution < -0.4 is 4.90 Å². The third kappa shape index (κ3) is 4.98. The molecule has 1 aliphatic heterocycles. The lowest BCUT2D eigenvalue weighted by Crippen LogP contribution is -2.47. The van der Waals surface area contributed by atoms with Gasteiger partial charge in [-0.3, -0.25) is 14.8 Å². The lowest BCUT2D eigenvalue weighted by Gasteiger charge is -2.32. The fraction of sp³-hybridized carbons (Fsp3) is 0.417. The van der Waals surface area contributed by atoms with E-state index in [0.29, 0.717) is 11.4 Å². The van der Waals surface area contributed by atoms with Gasteiger partial charge in [-0.05, 0) is 40.0 Å². The molecule has 1 saturated heterocycles. The number of ether oxygens (including phenoxy) is 1. The molecule has 1 fully saturated rings. The largest absolute Gasteiger partial charge is 0.443 e. The maximum atomic E-state index is 12.8. The van der Waals surface area contributed by atoms with E-state index in [1.165, 1.54) is 4.90 Å². The topological polar surface area (TPSA) is 94.7 Å². The molecule has 33 heavy (non-hydrogen) atoms. The number of nitrogens with one attached hydrogen (secondary N) is 1. The molecule has 0 aliphatic carbocycles. The van der Waals surface area contributed by atoms with Gasteiger partial charge in [0.1, 0.15) is 17.1 Å². The molecule has 0 spiro atoms. The van der Waals surface area contributed by atoms with E-state index in [4.69, 9.17) is 4.74 Å². The maximum absolute atomic E-state index is 12.8. The lowest BCUT2D eigenvalue weighted by molar-refractivity contribution is 0.0587. The molecule has 3 heterocycles. The SMILES string of the molecule is CN1CCN(C(=O)c2ccc(-c3n[nH]c4cc(N(C)C(=O)OC(C)(C)C)ncc34)cc2)CC1. The van der Waals surface area contributed by atoms with Crippen molar-refractivity contribution in [2.75, 3.05) is 45.2 Å². The van der Waals surface area contributed by atoms with Crippen LogP contribution >= 0.6 is 0 Å². The smallest absolute Gasteiger partial charge is 0.415 e. The average Bonchev–Trinajstić information content (AvgIpc) is 3.21. The summed E-state index contributed by atoms with van der Waals surface area (Å²) in [5, 5.41) is 8.28. The van der Waals surface area contributed by atoms with Crippen LogP contribution in [-0.2, 0) is 4.74 Å². The number of piperazine rings is 1. The number of nitrogens with zero attached hydrogens (tertiary/aromatic N) is 5. The van der Waals surface area contributed by atoms with Crippen molar-refractivity contribution >= 4 is 28.7 Å². The summed E-state index contributed by atoms with van der Waals surface area (Å²) in [7, 11) is 3.69. The molecule has 174 valence electrons. The molecule has 1 aromatic carbocycles. The lowest BCUT2D eigenvalue weighted by atomic mass is 10.1. The van der Waals surface area contributed by atoms with Gasteiger partial charge >= 0.3 is 6.09 Å². The molecule has 0 radical (unpaired) electrons. The summed E-state index contributed by atoms with van der Waals surface area (Å²) < 4.78 is 5.41. The summed E-state index contributed by atoms with van der Waals surface area (Å²) in [4.78, 5) is 35.0. The Morgan fingerprint density at radius 3 is 2.39 bits per heavy atom. The van der Waals surface area contributed by atoms with Crippen molar-refractivity contribution in [3.63, 3.8) is 0 Å². The van der Waals surface area contributed by atoms with Gasteiger partial charge in [0.15, 0.2) is 0 Å². The van der Waals surface area contributed by atoms with Crippen molar-refractivity contribution in [1.82, 2.24) is 25.0 Å². The van der Waals surface area contributed by atoms with E-state index in [2.05, 4.69) is 27.1 Å². The van der Waals surface area contributed by atoms with Crippen molar-refractivity contribution in [3.05, 3.63) is 42.1 Å². The van der Waals surface area contributed by atoms with Gasteiger partial charge in [-0.2, -0.15) is 5.10 Å². The molecule has 9 heteroatoms. The first kappa shape index (κ1) is 22.7. The highest BCUT2D eigenvalue weighted by molar-refractivity contribution is 5.97. The molecular weight excluding hydrogens is 420 g/mol. The number of amides is 2. The number of benzene rings is 1. The Kier molecular flexibility index (Phi) is 6.07. The summed E-state index contributed by atoms with van der Waals surface area (Å²) in [5.41, 5.74) is 2.45. The molecule has 1 N–H and O–H groups in total. The minimum absolute atomic E-state index is 0.0537. The van der Waals surface area contributed by atoms with Crippen molar-refractivity contribution in [1.29, 1.82) is 0 Å². The zero-order valence-corrected chi connectivity index (χ0v) is 19.8. The van der Waals surface area contributed by atoms with Crippen LogP contribution in [0.4, 0.5) is 10.6 Å². The van der Waals surface area contributed by atoms with Crippen molar-refractivity contribution in [2.45, 2.75) is 26.4 Å². The zero-order chi connectivity index (χ0) is 23.8. The molecular formula is C24H30N6O3. The molecule has 9 nitrogen and oxygen atoms in total. The zero-order valence-electron chi connectivity index (χ0n) is 19.8. The minimum atomic E-state index is -0.589. The number of carbonyl (C=O) groups excluding carboxylic acids is 2. The Morgan fingerprint density at radius 1 is 1.09 bits per heavy atom. The highest BCUT2D eigenvalue weighted by Gasteiger charge is 2.23. The highest BCUT2D eigenvalue weighted by atomic mass is 16.6. The van der Waals surface area contributed by atoms with E-state index in [-0.39, 0.29) is 5.91 Å². The van der Waals surface area contributed by atoms with Gasteiger partial charge in [-0.1, -0.05) is 12.1 Å². The molecule has 3 aromatic rings. The Bertz CT molecular complexity index is 1160. The van der Waals surface area contributed by atoms with Gasteiger partial charge < -0.3 is 14.5 Å². The number of carbonyl (C=O) groups is 2. The van der Waals surface area contributed by atoms with E-state index in [1.807, 2.05) is 49.9 Å². The van der Waals surface area contributed by atoms with Crippen LogP contribution in [0.1, 0.15) is 31.1 Å². The number of hydrogen-bond acceptors (Lipinski definition) is 6. The van der Waals surface area contributed by atoms with Gasteiger partial charge in [0.05, 0.1) is 5.52 Å². The fourth-order valence-electron chi connectivity index (χ4n) is 3.69. The quantitative estimate of drug-likeness (QED) is 0.657. The number of likely N-dealkylation sites (N-methyl/N-ethyl adjacent to an activating group) is 1. The molecule has 0 unspecified atom stereocenters. The predicted molar refractivity (Wildman–Crippen MR) is 127 cm³/mol. The number of aromatic nitrogens is 3. The first-order chi connectivity index (χ1) is 15.6. The number of anilines is 1. The summed E-state index contributed by atoms with van der Waals surface area (Å²) in [6.45, 7) is 8.73. The Morgan fingerprint density at radius 2 is 1.76 bits per heavy atom. The Hall–Kier alpha value is -3.46. The van der Waals surface area contributed by atoms with Gasteiger partial charge in [0, 0.05) is 62.0 Å². The van der Waals surface area contributed by atoms with Gasteiger partial charge in [-0.15, -0.1) is 0 Å². The van der Waals surface area contributed by atoms with Crippen molar-refractivity contribution in [3.8, 4) is 11.3 Å². The molecule has 2 aromatic heterocycles. The fourth-order valence-corrected chi connectivity index (χ4v) is 3.69. The van der Waals surface area contributed by atoms with Crippen LogP contribution in [0.3, 0.4) is 0 Å². The maximum Gasteiger partial charge on any atom is 0.415 e. The molecule has 0 bridgehead atoms. The molecule has 4 rings (SSSR count). The number of rotatable bonds is 3. The second-order valence-electron chi connectivity index (χ2n) is 9.37. The van der Waals surface area contributed by atoms with Crippen LogP contribution in [0, 0.1) is 0 Å². The van der Waals surface area contributed by atoms with Crippen LogP contribution in [0.2, 0.25) is 0 Å². The van der Waals surface area contributed by atoms with Gasteiger partial charge in [0.25, 0.3) is 5.91 Å². The highest BCUT2D eigenvalue weighted by Crippen LogP contribution is 2.28. The minimum Gasteiger partial charge on any atom is -0.443 e. The van der Waals surface area contributed by atoms with Gasteiger partial charge in [-0.25, -0.2) is 9.78 Å². The van der Waals surface area contributed by atoms with Crippen molar-refractivity contribution in [2.24, 2.45) is 0 Å². The number of hydrogen-bond donors (Lipinski definition) is 1. The predicted octanol–water partition coefficient (Wildman–Crippen LogP) is 3.38. The standard InChI is InChI=1S/C24H30N6O3/c1-24(2,3)33-23(32)29(5)20-14-19-18(15-25-20)21(27-26-19)16-6-8-17(9-7-16)22(31)30-12-10-28(4)11-13-30/h6-9,14-15H,10-13H2,1-5H3,(H,26,27). The summed E-state index contributed by atoms with van der Waals surface area (Å²) in [6.07, 6.45) is 1.21. The van der Waals surface area contributed by atoms with E-state index < -0.39 is 11.7 Å². The molecule has 2 amide bonds. The van der Waals surface area contributed by atoms with Crippen LogP contribution in [0.15, 0.2) is 36.5 Å².